The van der Waals surface area contributed by atoms with E-state index in [2.05, 4.69) is 19.2 Å². The number of hydrogen-bond donors (Lipinski definition) is 2. The summed E-state index contributed by atoms with van der Waals surface area (Å²) in [6.45, 7) is 7.38. The topological polar surface area (TPSA) is 52.6 Å². The van der Waals surface area contributed by atoms with Crippen molar-refractivity contribution in [2.45, 2.75) is 39.7 Å². The second-order valence-corrected chi connectivity index (χ2v) is 4.90. The highest BCUT2D eigenvalue weighted by atomic mass is 16.3. The lowest BCUT2D eigenvalue weighted by molar-refractivity contribution is -0.122. The Morgan fingerprint density at radius 2 is 1.94 bits per heavy atom. The number of hydrogen-bond acceptors (Lipinski definition) is 3. The predicted octanol–water partition coefficient (Wildman–Crippen LogP) is 0.851. The smallest absolute Gasteiger partial charge is 0.234 e. The van der Waals surface area contributed by atoms with E-state index in [1.54, 1.807) is 0 Å². The number of amides is 1. The van der Waals surface area contributed by atoms with E-state index >= 15 is 0 Å². The van der Waals surface area contributed by atoms with Crippen molar-refractivity contribution in [3.05, 3.63) is 0 Å². The number of aliphatic hydroxyl groups excluding tert-OH is 1. The van der Waals surface area contributed by atoms with Gasteiger partial charge in [-0.2, -0.15) is 0 Å². The van der Waals surface area contributed by atoms with Crippen molar-refractivity contribution in [3.63, 3.8) is 0 Å². The van der Waals surface area contributed by atoms with Crippen molar-refractivity contribution in [2.75, 3.05) is 26.7 Å². The lowest BCUT2D eigenvalue weighted by Gasteiger charge is -2.18. The number of carbonyl (C=O) groups is 1. The van der Waals surface area contributed by atoms with Gasteiger partial charge in [-0.3, -0.25) is 9.69 Å². The first-order chi connectivity index (χ1) is 7.45. The van der Waals surface area contributed by atoms with Gasteiger partial charge in [-0.1, -0.05) is 13.8 Å². The average molecular weight is 230 g/mol. The van der Waals surface area contributed by atoms with E-state index < -0.39 is 0 Å². The Labute approximate surface area is 99.0 Å². The Bertz CT molecular complexity index is 195. The van der Waals surface area contributed by atoms with E-state index in [1.165, 1.54) is 0 Å². The van der Waals surface area contributed by atoms with Gasteiger partial charge >= 0.3 is 0 Å². The highest BCUT2D eigenvalue weighted by molar-refractivity contribution is 5.78. The van der Waals surface area contributed by atoms with Gasteiger partial charge in [0.1, 0.15) is 0 Å². The summed E-state index contributed by atoms with van der Waals surface area (Å²) in [7, 11) is 1.83. The molecule has 0 saturated heterocycles. The first-order valence-electron chi connectivity index (χ1n) is 6.04. The summed E-state index contributed by atoms with van der Waals surface area (Å²) in [5.74, 6) is 0.712. The van der Waals surface area contributed by atoms with E-state index in [9.17, 15) is 4.79 Å². The van der Waals surface area contributed by atoms with Gasteiger partial charge < -0.3 is 10.4 Å². The molecule has 4 heteroatoms. The van der Waals surface area contributed by atoms with Gasteiger partial charge in [0.2, 0.25) is 5.91 Å². The normalized spacial score (nSPS) is 13.2. The highest BCUT2D eigenvalue weighted by Crippen LogP contribution is 2.06. The third-order valence-corrected chi connectivity index (χ3v) is 2.48. The van der Waals surface area contributed by atoms with Gasteiger partial charge in [0.25, 0.3) is 0 Å². The van der Waals surface area contributed by atoms with Crippen LogP contribution in [-0.4, -0.2) is 48.7 Å². The minimum atomic E-state index is 0.0345. The first kappa shape index (κ1) is 15.4. The standard InChI is InChI=1S/C12H26N2O2/c1-10(2)5-6-11(3)13-12(16)9-14(4)7-8-15/h10-11,15H,5-9H2,1-4H3,(H,13,16). The summed E-state index contributed by atoms with van der Waals surface area (Å²) >= 11 is 0. The molecule has 2 N–H and O–H groups in total. The van der Waals surface area contributed by atoms with Gasteiger partial charge in [0.05, 0.1) is 13.2 Å². The molecule has 96 valence electrons. The van der Waals surface area contributed by atoms with E-state index in [0.29, 0.717) is 19.0 Å². The van der Waals surface area contributed by atoms with Crippen LogP contribution in [0.2, 0.25) is 0 Å². The van der Waals surface area contributed by atoms with Crippen LogP contribution < -0.4 is 5.32 Å². The van der Waals surface area contributed by atoms with Crippen molar-refractivity contribution in [1.82, 2.24) is 10.2 Å². The molecular weight excluding hydrogens is 204 g/mol. The molecule has 16 heavy (non-hydrogen) atoms. The van der Waals surface area contributed by atoms with Crippen LogP contribution in [-0.2, 0) is 4.79 Å². The molecule has 0 aromatic rings. The summed E-state index contributed by atoms with van der Waals surface area (Å²) in [5, 5.41) is 11.7. The maximum Gasteiger partial charge on any atom is 0.234 e. The molecule has 0 bridgehead atoms. The molecule has 0 spiro atoms. The molecule has 1 unspecified atom stereocenters. The van der Waals surface area contributed by atoms with Gasteiger partial charge in [-0.05, 0) is 32.7 Å². The molecule has 1 amide bonds. The van der Waals surface area contributed by atoms with Crippen LogP contribution >= 0.6 is 0 Å². The fourth-order valence-corrected chi connectivity index (χ4v) is 1.47. The molecule has 4 nitrogen and oxygen atoms in total. The molecule has 0 fully saturated rings. The Hall–Kier alpha value is -0.610. The molecule has 0 aliphatic heterocycles. The average Bonchev–Trinajstić information content (AvgIpc) is 2.14. The fraction of sp³-hybridized carbons (Fsp3) is 0.917. The van der Waals surface area contributed by atoms with Crippen molar-refractivity contribution < 1.29 is 9.90 Å². The second-order valence-electron chi connectivity index (χ2n) is 4.90. The van der Waals surface area contributed by atoms with Crippen LogP contribution in [0, 0.1) is 5.92 Å². The number of carbonyl (C=O) groups excluding carboxylic acids is 1. The Morgan fingerprint density at radius 1 is 1.31 bits per heavy atom. The van der Waals surface area contributed by atoms with Crippen LogP contribution in [0.5, 0.6) is 0 Å². The summed E-state index contributed by atoms with van der Waals surface area (Å²) in [5.41, 5.74) is 0. The Kier molecular flexibility index (Phi) is 8.21. The number of rotatable bonds is 8. The van der Waals surface area contributed by atoms with Crippen molar-refractivity contribution >= 4 is 5.91 Å². The monoisotopic (exact) mass is 230 g/mol. The van der Waals surface area contributed by atoms with Crippen molar-refractivity contribution in [1.29, 1.82) is 0 Å². The summed E-state index contributed by atoms with van der Waals surface area (Å²) in [6.07, 6.45) is 2.15. The van der Waals surface area contributed by atoms with E-state index in [4.69, 9.17) is 5.11 Å². The van der Waals surface area contributed by atoms with Crippen molar-refractivity contribution in [3.8, 4) is 0 Å². The first-order valence-corrected chi connectivity index (χ1v) is 6.04. The summed E-state index contributed by atoms with van der Waals surface area (Å²) in [4.78, 5) is 13.4. The lowest BCUT2D eigenvalue weighted by atomic mass is 10.0. The van der Waals surface area contributed by atoms with Gasteiger partial charge in [-0.25, -0.2) is 0 Å². The molecule has 0 aliphatic carbocycles. The van der Waals surface area contributed by atoms with Crippen LogP contribution in [0.25, 0.3) is 0 Å². The molecule has 0 aromatic carbocycles. The molecule has 0 aliphatic rings. The van der Waals surface area contributed by atoms with Crippen molar-refractivity contribution in [2.24, 2.45) is 5.92 Å². The number of likely N-dealkylation sites (N-methyl/N-ethyl adjacent to an activating group) is 1. The van der Waals surface area contributed by atoms with Gasteiger partial charge in [-0.15, -0.1) is 0 Å². The number of nitrogens with zero attached hydrogens (tertiary/aromatic N) is 1. The zero-order valence-corrected chi connectivity index (χ0v) is 11.0. The minimum absolute atomic E-state index is 0.0345. The van der Waals surface area contributed by atoms with Crippen LogP contribution in [0.1, 0.15) is 33.6 Å². The van der Waals surface area contributed by atoms with Gasteiger partial charge in [0.15, 0.2) is 0 Å². The highest BCUT2D eigenvalue weighted by Gasteiger charge is 2.09. The van der Waals surface area contributed by atoms with Crippen LogP contribution in [0.4, 0.5) is 0 Å². The Morgan fingerprint density at radius 3 is 2.44 bits per heavy atom. The number of aliphatic hydroxyl groups is 1. The molecular formula is C12H26N2O2. The zero-order valence-electron chi connectivity index (χ0n) is 11.0. The van der Waals surface area contributed by atoms with E-state index in [1.807, 2.05) is 18.9 Å². The third-order valence-electron chi connectivity index (χ3n) is 2.48. The minimum Gasteiger partial charge on any atom is -0.395 e. The van der Waals surface area contributed by atoms with Crippen LogP contribution in [0.15, 0.2) is 0 Å². The van der Waals surface area contributed by atoms with Gasteiger partial charge in [0, 0.05) is 12.6 Å². The van der Waals surface area contributed by atoms with E-state index in [-0.39, 0.29) is 18.6 Å². The maximum atomic E-state index is 11.5. The Balaban J connectivity index is 3.69. The quantitative estimate of drug-likeness (QED) is 0.650. The third kappa shape index (κ3) is 8.68. The molecule has 0 aromatic heterocycles. The summed E-state index contributed by atoms with van der Waals surface area (Å²) < 4.78 is 0. The molecule has 0 radical (unpaired) electrons. The van der Waals surface area contributed by atoms with E-state index in [0.717, 1.165) is 12.8 Å². The molecule has 0 heterocycles. The van der Waals surface area contributed by atoms with Crippen LogP contribution in [0.3, 0.4) is 0 Å². The predicted molar refractivity (Wildman–Crippen MR) is 66.3 cm³/mol. The molecule has 0 rings (SSSR count). The number of nitrogens with one attached hydrogen (secondary N) is 1. The molecule has 0 saturated carbocycles. The maximum absolute atomic E-state index is 11.5. The SMILES string of the molecule is CC(C)CCC(C)NC(=O)CN(C)CCO. The largest absolute Gasteiger partial charge is 0.395 e. The molecule has 1 atom stereocenters. The summed E-state index contributed by atoms with van der Waals surface area (Å²) in [6, 6.07) is 0.234. The zero-order chi connectivity index (χ0) is 12.6. The fourth-order valence-electron chi connectivity index (χ4n) is 1.47. The lowest BCUT2D eigenvalue weighted by Crippen LogP contribution is -2.40. The second kappa shape index (κ2) is 8.53.